The zero-order valence-corrected chi connectivity index (χ0v) is 11.2. The molecule has 3 atom stereocenters. The zero-order valence-electron chi connectivity index (χ0n) is 11.2. The first-order chi connectivity index (χ1) is 8.25. The highest BCUT2D eigenvalue weighted by molar-refractivity contribution is 4.80. The molecule has 0 spiro atoms. The number of hydrogen-bond donors (Lipinski definition) is 1. The van der Waals surface area contributed by atoms with E-state index in [4.69, 9.17) is 9.47 Å². The third-order valence-electron chi connectivity index (χ3n) is 3.71. The third kappa shape index (κ3) is 4.21. The molecule has 0 aromatic heterocycles. The average Bonchev–Trinajstić information content (AvgIpc) is 2.83. The summed E-state index contributed by atoms with van der Waals surface area (Å²) in [5.41, 5.74) is 0. The summed E-state index contributed by atoms with van der Waals surface area (Å²) in [6, 6.07) is 0.987. The molecule has 2 saturated heterocycles. The van der Waals surface area contributed by atoms with Crippen LogP contribution in [0.15, 0.2) is 0 Å². The average molecular weight is 242 g/mol. The normalized spacial score (nSPS) is 30.4. The number of nitrogens with one attached hydrogen (secondary N) is 1. The molecule has 17 heavy (non-hydrogen) atoms. The summed E-state index contributed by atoms with van der Waals surface area (Å²) >= 11 is 0. The number of ether oxygens (including phenoxy) is 2. The van der Waals surface area contributed by atoms with E-state index in [-0.39, 0.29) is 0 Å². The van der Waals surface area contributed by atoms with Crippen molar-refractivity contribution in [2.75, 3.05) is 39.5 Å². The van der Waals surface area contributed by atoms with E-state index in [1.54, 1.807) is 0 Å². The van der Waals surface area contributed by atoms with Gasteiger partial charge in [-0.15, -0.1) is 0 Å². The summed E-state index contributed by atoms with van der Waals surface area (Å²) in [4.78, 5) is 2.48. The summed E-state index contributed by atoms with van der Waals surface area (Å²) in [5, 5.41) is 3.66. The van der Waals surface area contributed by atoms with Gasteiger partial charge in [-0.1, -0.05) is 0 Å². The van der Waals surface area contributed by atoms with E-state index in [1.165, 1.54) is 12.8 Å². The summed E-state index contributed by atoms with van der Waals surface area (Å²) in [5.74, 6) is 0. The smallest absolute Gasteiger partial charge is 0.0726 e. The summed E-state index contributed by atoms with van der Waals surface area (Å²) in [7, 11) is 0. The maximum Gasteiger partial charge on any atom is 0.0726 e. The second kappa shape index (κ2) is 6.69. The largest absolute Gasteiger partial charge is 0.379 e. The van der Waals surface area contributed by atoms with E-state index >= 15 is 0 Å². The van der Waals surface area contributed by atoms with Crippen LogP contribution in [0.2, 0.25) is 0 Å². The summed E-state index contributed by atoms with van der Waals surface area (Å²) in [6.07, 6.45) is 2.84. The van der Waals surface area contributed by atoms with E-state index in [9.17, 15) is 0 Å². The van der Waals surface area contributed by atoms with Crippen molar-refractivity contribution in [2.24, 2.45) is 0 Å². The van der Waals surface area contributed by atoms with Crippen molar-refractivity contribution < 1.29 is 9.47 Å². The molecule has 0 bridgehead atoms. The maximum atomic E-state index is 5.71. The SMILES string of the molecule is C[C@H](CN1CCOCC1)N[C@H](C)[C@H]1CCCO1. The predicted molar refractivity (Wildman–Crippen MR) is 68.3 cm³/mol. The lowest BCUT2D eigenvalue weighted by atomic mass is 10.1. The molecule has 2 aliphatic heterocycles. The van der Waals surface area contributed by atoms with E-state index in [0.717, 1.165) is 39.5 Å². The molecule has 4 nitrogen and oxygen atoms in total. The second-order valence-corrected chi connectivity index (χ2v) is 5.32. The van der Waals surface area contributed by atoms with Crippen LogP contribution in [0.25, 0.3) is 0 Å². The zero-order chi connectivity index (χ0) is 12.1. The van der Waals surface area contributed by atoms with Crippen LogP contribution < -0.4 is 5.32 Å². The van der Waals surface area contributed by atoms with Gasteiger partial charge in [-0.2, -0.15) is 0 Å². The molecule has 2 heterocycles. The van der Waals surface area contributed by atoms with Crippen molar-refractivity contribution in [1.82, 2.24) is 10.2 Å². The fraction of sp³-hybridized carbons (Fsp3) is 1.00. The molecule has 100 valence electrons. The van der Waals surface area contributed by atoms with Crippen molar-refractivity contribution in [2.45, 2.75) is 44.9 Å². The Morgan fingerprint density at radius 2 is 2.00 bits per heavy atom. The van der Waals surface area contributed by atoms with E-state index in [0.29, 0.717) is 18.2 Å². The lowest BCUT2D eigenvalue weighted by molar-refractivity contribution is 0.0310. The number of nitrogens with zero attached hydrogens (tertiary/aromatic N) is 1. The first kappa shape index (κ1) is 13.3. The lowest BCUT2D eigenvalue weighted by Gasteiger charge is -2.31. The molecule has 1 N–H and O–H groups in total. The molecule has 4 heteroatoms. The van der Waals surface area contributed by atoms with Gasteiger partial charge in [0, 0.05) is 38.3 Å². The van der Waals surface area contributed by atoms with Crippen LogP contribution in [0.4, 0.5) is 0 Å². The number of morpholine rings is 1. The highest BCUT2D eigenvalue weighted by atomic mass is 16.5. The monoisotopic (exact) mass is 242 g/mol. The fourth-order valence-corrected chi connectivity index (χ4v) is 2.78. The van der Waals surface area contributed by atoms with Crippen LogP contribution in [0.1, 0.15) is 26.7 Å². The second-order valence-electron chi connectivity index (χ2n) is 5.32. The minimum absolute atomic E-state index is 0.419. The Balaban J connectivity index is 1.66. The first-order valence-corrected chi connectivity index (χ1v) is 6.93. The molecule has 2 rings (SSSR count). The Bertz CT molecular complexity index is 213. The van der Waals surface area contributed by atoms with Crippen molar-refractivity contribution >= 4 is 0 Å². The van der Waals surface area contributed by atoms with Gasteiger partial charge in [0.2, 0.25) is 0 Å². The van der Waals surface area contributed by atoms with E-state index < -0.39 is 0 Å². The van der Waals surface area contributed by atoms with E-state index in [2.05, 4.69) is 24.1 Å². The van der Waals surface area contributed by atoms with Gasteiger partial charge >= 0.3 is 0 Å². The third-order valence-corrected chi connectivity index (χ3v) is 3.71. The molecule has 0 unspecified atom stereocenters. The molecular formula is C13H26N2O2. The van der Waals surface area contributed by atoms with Gasteiger partial charge in [-0.3, -0.25) is 4.90 Å². The highest BCUT2D eigenvalue weighted by Gasteiger charge is 2.24. The van der Waals surface area contributed by atoms with Gasteiger partial charge in [-0.25, -0.2) is 0 Å². The molecule has 0 aromatic carbocycles. The summed E-state index contributed by atoms with van der Waals surface area (Å²) in [6.45, 7) is 10.5. The highest BCUT2D eigenvalue weighted by Crippen LogP contribution is 2.15. The Morgan fingerprint density at radius 1 is 1.24 bits per heavy atom. The van der Waals surface area contributed by atoms with Gasteiger partial charge in [0.25, 0.3) is 0 Å². The first-order valence-electron chi connectivity index (χ1n) is 6.93. The van der Waals surface area contributed by atoms with Crippen LogP contribution >= 0.6 is 0 Å². The number of hydrogen-bond acceptors (Lipinski definition) is 4. The van der Waals surface area contributed by atoms with Crippen LogP contribution in [-0.2, 0) is 9.47 Å². The van der Waals surface area contributed by atoms with Gasteiger partial charge in [-0.05, 0) is 26.7 Å². The van der Waals surface area contributed by atoms with Gasteiger partial charge in [0.1, 0.15) is 0 Å². The van der Waals surface area contributed by atoms with Gasteiger partial charge < -0.3 is 14.8 Å². The summed E-state index contributed by atoms with van der Waals surface area (Å²) < 4.78 is 11.1. The molecule has 0 saturated carbocycles. The van der Waals surface area contributed by atoms with Crippen LogP contribution in [0.5, 0.6) is 0 Å². The standard InChI is InChI=1S/C13H26N2O2/c1-11(10-15-5-8-16-9-6-15)14-12(2)13-4-3-7-17-13/h11-14H,3-10H2,1-2H3/t11-,12-,13-/m1/s1. The molecular weight excluding hydrogens is 216 g/mol. The van der Waals surface area contributed by atoms with Crippen molar-refractivity contribution in [1.29, 1.82) is 0 Å². The lowest BCUT2D eigenvalue weighted by Crippen LogP contribution is -2.49. The molecule has 0 aliphatic carbocycles. The predicted octanol–water partition coefficient (Wildman–Crippen LogP) is 0.864. The molecule has 2 fully saturated rings. The molecule has 2 aliphatic rings. The molecule has 0 radical (unpaired) electrons. The van der Waals surface area contributed by atoms with Gasteiger partial charge in [0.05, 0.1) is 19.3 Å². The molecule has 0 aromatic rings. The van der Waals surface area contributed by atoms with Crippen LogP contribution in [0, 0.1) is 0 Å². The van der Waals surface area contributed by atoms with Crippen molar-refractivity contribution in [3.63, 3.8) is 0 Å². The van der Waals surface area contributed by atoms with Crippen LogP contribution in [0.3, 0.4) is 0 Å². The topological polar surface area (TPSA) is 33.7 Å². The quantitative estimate of drug-likeness (QED) is 0.775. The van der Waals surface area contributed by atoms with Crippen molar-refractivity contribution in [3.05, 3.63) is 0 Å². The Labute approximate surface area is 105 Å². The maximum absolute atomic E-state index is 5.71. The Morgan fingerprint density at radius 3 is 2.65 bits per heavy atom. The van der Waals surface area contributed by atoms with Crippen molar-refractivity contribution in [3.8, 4) is 0 Å². The van der Waals surface area contributed by atoms with E-state index in [1.807, 2.05) is 0 Å². The number of rotatable bonds is 5. The minimum Gasteiger partial charge on any atom is -0.379 e. The van der Waals surface area contributed by atoms with Gasteiger partial charge in [0.15, 0.2) is 0 Å². The molecule has 0 amide bonds. The minimum atomic E-state index is 0.419. The fourth-order valence-electron chi connectivity index (χ4n) is 2.78. The van der Waals surface area contributed by atoms with Crippen LogP contribution in [-0.4, -0.2) is 62.5 Å². The Hall–Kier alpha value is -0.160. The Kier molecular flexibility index (Phi) is 5.22.